The molecule has 0 saturated carbocycles. The molecule has 4 nitrogen and oxygen atoms in total. The van der Waals surface area contributed by atoms with Gasteiger partial charge in [-0.1, -0.05) is 77.8 Å². The van der Waals surface area contributed by atoms with Gasteiger partial charge in [-0.15, -0.1) is 0 Å². The van der Waals surface area contributed by atoms with Crippen molar-refractivity contribution >= 4 is 40.4 Å². The summed E-state index contributed by atoms with van der Waals surface area (Å²) in [6.07, 6.45) is 5.14. The van der Waals surface area contributed by atoms with Crippen molar-refractivity contribution in [2.75, 3.05) is 5.32 Å². The molecule has 2 aromatic heterocycles. The maximum Gasteiger partial charge on any atom is 0.273 e. The van der Waals surface area contributed by atoms with Gasteiger partial charge in [-0.3, -0.25) is 9.20 Å². The van der Waals surface area contributed by atoms with E-state index < -0.39 is 0 Å². The van der Waals surface area contributed by atoms with Crippen LogP contribution in [0, 0.1) is 0 Å². The molecule has 0 fully saturated rings. The molecule has 1 N–H and O–H groups in total. The summed E-state index contributed by atoms with van der Waals surface area (Å²) in [6.45, 7) is 0.894. The van der Waals surface area contributed by atoms with Crippen molar-refractivity contribution in [3.8, 4) is 22.4 Å². The minimum absolute atomic E-state index is 0.182. The second-order valence-electron chi connectivity index (χ2n) is 8.83. The third-order valence-electron chi connectivity index (χ3n) is 6.67. The van der Waals surface area contributed by atoms with Gasteiger partial charge in [-0.25, -0.2) is 0 Å². The lowest BCUT2D eigenvalue weighted by atomic mass is 9.98. The van der Waals surface area contributed by atoms with E-state index in [1.165, 1.54) is 5.56 Å². The number of hydrogen-bond donors (Lipinski definition) is 1. The smallest absolute Gasteiger partial charge is 0.273 e. The van der Waals surface area contributed by atoms with Crippen LogP contribution in [0.5, 0.6) is 0 Å². The summed E-state index contributed by atoms with van der Waals surface area (Å²) < 4.78 is 4.42. The highest BCUT2D eigenvalue weighted by atomic mass is 35.5. The highest BCUT2D eigenvalue weighted by molar-refractivity contribution is 6.34. The molecular formula is C29H23Cl2N3O. The number of nitrogens with zero attached hydrogens (tertiary/aromatic N) is 2. The Balaban J connectivity index is 1.61. The van der Waals surface area contributed by atoms with Crippen molar-refractivity contribution in [1.82, 2.24) is 8.97 Å². The van der Waals surface area contributed by atoms with Crippen LogP contribution in [-0.4, -0.2) is 14.9 Å². The normalized spacial score (nSPS) is 13.1. The molecule has 0 unspecified atom stereocenters. The fraction of sp³-hybridized carbons (Fsp3) is 0.138. The van der Waals surface area contributed by atoms with E-state index in [2.05, 4.69) is 32.6 Å². The Morgan fingerprint density at radius 1 is 0.829 bits per heavy atom. The van der Waals surface area contributed by atoms with Crippen LogP contribution in [0.4, 0.5) is 5.69 Å². The first-order valence-electron chi connectivity index (χ1n) is 11.8. The fourth-order valence-corrected chi connectivity index (χ4v) is 5.43. The number of amides is 1. The topological polar surface area (TPSA) is 38.4 Å². The van der Waals surface area contributed by atoms with Gasteiger partial charge >= 0.3 is 0 Å². The Bertz CT molecular complexity index is 1550. The second-order valence-corrected chi connectivity index (χ2v) is 9.67. The van der Waals surface area contributed by atoms with Crippen molar-refractivity contribution in [3.05, 3.63) is 106 Å². The molecule has 1 aliphatic heterocycles. The van der Waals surface area contributed by atoms with E-state index in [0.29, 0.717) is 21.4 Å². The second kappa shape index (κ2) is 8.95. The lowest BCUT2D eigenvalue weighted by Crippen LogP contribution is -2.15. The van der Waals surface area contributed by atoms with Crippen LogP contribution in [0.25, 0.3) is 28.0 Å². The number of imidazole rings is 1. The molecule has 0 atom stereocenters. The molecule has 1 aliphatic rings. The molecule has 0 spiro atoms. The van der Waals surface area contributed by atoms with Gasteiger partial charge in [0.1, 0.15) is 11.3 Å². The zero-order chi connectivity index (χ0) is 23.9. The number of benzene rings is 3. The van der Waals surface area contributed by atoms with Crippen molar-refractivity contribution in [2.24, 2.45) is 0 Å². The Hall–Kier alpha value is -3.47. The number of carbonyl (C=O) groups excluding carboxylic acids is 1. The lowest BCUT2D eigenvalue weighted by Gasteiger charge is -2.11. The van der Waals surface area contributed by atoms with Crippen molar-refractivity contribution in [2.45, 2.75) is 25.8 Å². The average Bonchev–Trinajstić information content (AvgIpc) is 3.29. The zero-order valence-electron chi connectivity index (χ0n) is 19.0. The number of para-hydroxylation sites is 1. The van der Waals surface area contributed by atoms with Gasteiger partial charge in [0.2, 0.25) is 0 Å². The van der Waals surface area contributed by atoms with E-state index in [-0.39, 0.29) is 5.91 Å². The predicted molar refractivity (Wildman–Crippen MR) is 144 cm³/mol. The molecule has 3 heterocycles. The minimum atomic E-state index is -0.182. The summed E-state index contributed by atoms with van der Waals surface area (Å²) >= 11 is 12.5. The summed E-state index contributed by atoms with van der Waals surface area (Å²) in [4.78, 5) is 13.9. The van der Waals surface area contributed by atoms with Gasteiger partial charge in [0.25, 0.3) is 5.91 Å². The van der Waals surface area contributed by atoms with Gasteiger partial charge in [-0.2, -0.15) is 0 Å². The Morgan fingerprint density at radius 2 is 1.57 bits per heavy atom. The number of carbonyl (C=O) groups is 1. The van der Waals surface area contributed by atoms with E-state index >= 15 is 0 Å². The molecule has 6 heteroatoms. The predicted octanol–water partition coefficient (Wildman–Crippen LogP) is 7.97. The number of rotatable bonds is 4. The van der Waals surface area contributed by atoms with E-state index in [0.717, 1.165) is 53.8 Å². The third kappa shape index (κ3) is 3.83. The Labute approximate surface area is 213 Å². The summed E-state index contributed by atoms with van der Waals surface area (Å²) in [7, 11) is 0. The molecule has 3 aromatic carbocycles. The lowest BCUT2D eigenvalue weighted by molar-refractivity contribution is 0.102. The highest BCUT2D eigenvalue weighted by Gasteiger charge is 2.29. The summed E-state index contributed by atoms with van der Waals surface area (Å²) in [6, 6.07) is 25.4. The van der Waals surface area contributed by atoms with Gasteiger partial charge in [0.05, 0.1) is 16.4 Å². The molecule has 35 heavy (non-hydrogen) atoms. The Kier molecular flexibility index (Phi) is 5.63. The third-order valence-corrected chi connectivity index (χ3v) is 7.26. The summed E-state index contributed by atoms with van der Waals surface area (Å²) in [5, 5.41) is 4.27. The van der Waals surface area contributed by atoms with E-state index in [1.807, 2.05) is 60.7 Å². The molecule has 0 saturated heterocycles. The SMILES string of the molecule is O=C(Nc1ccccc1Cl)c1c(-c2ccccc2)c2c3n(c(-c4ccc(Cl)cc4)cn13)CCCC2. The molecule has 1 amide bonds. The molecule has 0 bridgehead atoms. The number of anilines is 1. The molecule has 0 aliphatic carbocycles. The van der Waals surface area contributed by atoms with Crippen molar-refractivity contribution in [3.63, 3.8) is 0 Å². The van der Waals surface area contributed by atoms with Crippen LogP contribution in [0.3, 0.4) is 0 Å². The van der Waals surface area contributed by atoms with Crippen LogP contribution < -0.4 is 5.32 Å². The fourth-order valence-electron chi connectivity index (χ4n) is 5.12. The molecule has 0 radical (unpaired) electrons. The van der Waals surface area contributed by atoms with E-state index in [4.69, 9.17) is 23.2 Å². The van der Waals surface area contributed by atoms with Gasteiger partial charge in [0.15, 0.2) is 0 Å². The van der Waals surface area contributed by atoms with Crippen LogP contribution in [-0.2, 0) is 13.0 Å². The monoisotopic (exact) mass is 499 g/mol. The highest BCUT2D eigenvalue weighted by Crippen LogP contribution is 2.40. The van der Waals surface area contributed by atoms with E-state index in [1.54, 1.807) is 6.07 Å². The number of nitrogens with one attached hydrogen (secondary N) is 1. The van der Waals surface area contributed by atoms with Crippen LogP contribution in [0.2, 0.25) is 10.0 Å². The number of hydrogen-bond acceptors (Lipinski definition) is 1. The van der Waals surface area contributed by atoms with Crippen LogP contribution >= 0.6 is 23.2 Å². The van der Waals surface area contributed by atoms with Gasteiger partial charge < -0.3 is 9.88 Å². The first kappa shape index (κ1) is 22.0. The van der Waals surface area contributed by atoms with Gasteiger partial charge in [-0.05, 0) is 54.7 Å². The summed E-state index contributed by atoms with van der Waals surface area (Å²) in [5.41, 5.74) is 7.68. The maximum atomic E-state index is 13.9. The van der Waals surface area contributed by atoms with Crippen LogP contribution in [0.15, 0.2) is 85.1 Å². The standard InChI is InChI=1S/C29H23Cl2N3O/c30-21-15-13-19(14-16-21)25-18-34-27(28(35)32-24-12-5-4-11-23(24)31)26(20-8-2-1-3-9-20)22-10-6-7-17-33(25)29(22)34/h1-5,8-9,11-16,18H,6-7,10,17H2,(H,32,35). The zero-order valence-corrected chi connectivity index (χ0v) is 20.5. The first-order chi connectivity index (χ1) is 17.1. The van der Waals surface area contributed by atoms with Crippen molar-refractivity contribution < 1.29 is 4.79 Å². The molecule has 5 aromatic rings. The number of aryl methyl sites for hydroxylation is 2. The van der Waals surface area contributed by atoms with Gasteiger partial charge in [0, 0.05) is 28.9 Å². The number of halogens is 2. The quantitative estimate of drug-likeness (QED) is 0.267. The summed E-state index contributed by atoms with van der Waals surface area (Å²) in [5.74, 6) is -0.182. The van der Waals surface area contributed by atoms with Crippen molar-refractivity contribution in [1.29, 1.82) is 0 Å². The average molecular weight is 500 g/mol. The molecular weight excluding hydrogens is 477 g/mol. The van der Waals surface area contributed by atoms with E-state index in [9.17, 15) is 4.79 Å². The maximum absolute atomic E-state index is 13.9. The first-order valence-corrected chi connectivity index (χ1v) is 12.5. The Morgan fingerprint density at radius 3 is 2.34 bits per heavy atom. The largest absolute Gasteiger partial charge is 0.325 e. The van der Waals surface area contributed by atoms with Crippen LogP contribution in [0.1, 0.15) is 28.9 Å². The molecule has 174 valence electrons. The minimum Gasteiger partial charge on any atom is -0.325 e. The molecule has 6 rings (SSSR count). The number of aromatic nitrogens is 2.